The Balaban J connectivity index is 0. The van der Waals surface area contributed by atoms with Crippen LogP contribution in [0.2, 0.25) is 0 Å². The number of hydrogen-bond donors (Lipinski definition) is 0. The van der Waals surface area contributed by atoms with Gasteiger partial charge in [-0.1, -0.05) is 27.7 Å². The molecule has 0 saturated heterocycles. The number of alkyl halides is 3. The van der Waals surface area contributed by atoms with Crippen LogP contribution in [0.4, 0.5) is 13.2 Å². The maximum atomic E-state index is 12.2. The second-order valence-electron chi connectivity index (χ2n) is 8.57. The molecule has 0 bridgehead atoms. The summed E-state index contributed by atoms with van der Waals surface area (Å²) in [7, 11) is 0. The van der Waals surface area contributed by atoms with Crippen molar-refractivity contribution in [2.24, 2.45) is 10.8 Å². The Hall–Kier alpha value is -1.27. The van der Waals surface area contributed by atoms with Crippen LogP contribution >= 0.6 is 0 Å². The molecule has 0 aliphatic heterocycles. The van der Waals surface area contributed by atoms with Gasteiger partial charge in [0.05, 0.1) is 5.41 Å². The maximum absolute atomic E-state index is 12.2. The van der Waals surface area contributed by atoms with Crippen LogP contribution in [0.3, 0.4) is 0 Å². The summed E-state index contributed by atoms with van der Waals surface area (Å²) in [6.07, 6.45) is -3.11. The number of amides is 1. The summed E-state index contributed by atoms with van der Waals surface area (Å²) in [5, 5.41) is 0. The Morgan fingerprint density at radius 3 is 1.48 bits per heavy atom. The van der Waals surface area contributed by atoms with Gasteiger partial charge in [0.25, 0.3) is 0 Å². The van der Waals surface area contributed by atoms with Crippen molar-refractivity contribution in [1.29, 1.82) is 0 Å². The molecular formula is C20H38F3NO3. The molecule has 0 aromatic rings. The third-order valence-corrected chi connectivity index (χ3v) is 4.61. The van der Waals surface area contributed by atoms with E-state index in [1.165, 1.54) is 0 Å². The van der Waals surface area contributed by atoms with Crippen molar-refractivity contribution in [3.8, 4) is 0 Å². The van der Waals surface area contributed by atoms with Crippen LogP contribution in [0.5, 0.6) is 0 Å². The summed E-state index contributed by atoms with van der Waals surface area (Å²) in [6, 6.07) is 0.571. The second-order valence-corrected chi connectivity index (χ2v) is 8.57. The Morgan fingerprint density at radius 2 is 1.22 bits per heavy atom. The van der Waals surface area contributed by atoms with Crippen LogP contribution in [0.25, 0.3) is 0 Å². The van der Waals surface area contributed by atoms with Crippen molar-refractivity contribution in [3.63, 3.8) is 0 Å². The van der Waals surface area contributed by atoms with Gasteiger partial charge in [-0.2, -0.15) is 13.2 Å². The number of ether oxygens (including phenoxy) is 1. The van der Waals surface area contributed by atoms with Crippen molar-refractivity contribution in [3.05, 3.63) is 0 Å². The summed E-state index contributed by atoms with van der Waals surface area (Å²) in [5.74, 6) is -0.544. The zero-order valence-corrected chi connectivity index (χ0v) is 18.6. The SMILES string of the molecule is CCC(C)(C)C(=O)N(C(C)C)C(C)C.CCC(C)(C)C(=O)OCC(F)(F)F. The van der Waals surface area contributed by atoms with E-state index in [1.807, 2.05) is 18.7 Å². The van der Waals surface area contributed by atoms with E-state index in [-0.39, 0.29) is 23.4 Å². The zero-order chi connectivity index (χ0) is 22.2. The predicted octanol–water partition coefficient (Wildman–Crippen LogP) is 5.60. The molecule has 0 aromatic heterocycles. The van der Waals surface area contributed by atoms with Crippen LogP contribution in [-0.2, 0) is 14.3 Å². The van der Waals surface area contributed by atoms with Crippen LogP contribution < -0.4 is 0 Å². The van der Waals surface area contributed by atoms with Crippen molar-refractivity contribution in [2.45, 2.75) is 100 Å². The van der Waals surface area contributed by atoms with Gasteiger partial charge in [0.15, 0.2) is 6.61 Å². The summed E-state index contributed by atoms with van der Waals surface area (Å²) < 4.78 is 39.0. The van der Waals surface area contributed by atoms with Gasteiger partial charge in [0.2, 0.25) is 5.91 Å². The maximum Gasteiger partial charge on any atom is 0.422 e. The fraction of sp³-hybridized carbons (Fsp3) is 0.900. The van der Waals surface area contributed by atoms with Gasteiger partial charge in [-0.3, -0.25) is 9.59 Å². The van der Waals surface area contributed by atoms with E-state index in [2.05, 4.69) is 39.4 Å². The highest BCUT2D eigenvalue weighted by molar-refractivity contribution is 5.82. The molecule has 0 radical (unpaired) electrons. The first-order valence-electron chi connectivity index (χ1n) is 9.49. The minimum Gasteiger partial charge on any atom is -0.456 e. The van der Waals surface area contributed by atoms with Crippen LogP contribution in [-0.4, -0.2) is 41.6 Å². The third-order valence-electron chi connectivity index (χ3n) is 4.61. The molecule has 4 nitrogen and oxygen atoms in total. The van der Waals surface area contributed by atoms with Gasteiger partial charge in [0.1, 0.15) is 0 Å². The summed E-state index contributed by atoms with van der Waals surface area (Å²) in [5.41, 5.74) is -1.07. The predicted molar refractivity (Wildman–Crippen MR) is 102 cm³/mol. The molecule has 0 saturated carbocycles. The first kappa shape index (κ1) is 27.9. The Labute approximate surface area is 162 Å². The van der Waals surface area contributed by atoms with Crippen LogP contribution in [0.15, 0.2) is 0 Å². The second kappa shape index (κ2) is 10.9. The van der Waals surface area contributed by atoms with Crippen LogP contribution in [0, 0.1) is 10.8 Å². The van der Waals surface area contributed by atoms with E-state index in [9.17, 15) is 22.8 Å². The van der Waals surface area contributed by atoms with Gasteiger partial charge in [-0.15, -0.1) is 0 Å². The number of halogens is 3. The lowest BCUT2D eigenvalue weighted by atomic mass is 9.87. The molecule has 0 fully saturated rings. The van der Waals surface area contributed by atoms with E-state index in [1.54, 1.807) is 20.8 Å². The average molecular weight is 398 g/mol. The van der Waals surface area contributed by atoms with E-state index < -0.39 is 24.2 Å². The van der Waals surface area contributed by atoms with Gasteiger partial charge in [0, 0.05) is 17.5 Å². The van der Waals surface area contributed by atoms with Crippen molar-refractivity contribution < 1.29 is 27.5 Å². The highest BCUT2D eigenvalue weighted by Gasteiger charge is 2.34. The fourth-order valence-electron chi connectivity index (χ4n) is 2.05. The van der Waals surface area contributed by atoms with E-state index in [4.69, 9.17) is 0 Å². The summed E-state index contributed by atoms with van der Waals surface area (Å²) in [6.45, 7) is 17.7. The number of carbonyl (C=O) groups excluding carboxylic acids is 2. The highest BCUT2D eigenvalue weighted by Crippen LogP contribution is 2.25. The number of hydrogen-bond acceptors (Lipinski definition) is 3. The molecular weight excluding hydrogens is 359 g/mol. The minimum absolute atomic E-state index is 0.228. The highest BCUT2D eigenvalue weighted by atomic mass is 19.4. The summed E-state index contributed by atoms with van der Waals surface area (Å²) in [4.78, 5) is 25.2. The molecule has 0 heterocycles. The van der Waals surface area contributed by atoms with Crippen molar-refractivity contribution >= 4 is 11.9 Å². The lowest BCUT2D eigenvalue weighted by Crippen LogP contribution is -2.48. The number of esters is 1. The van der Waals surface area contributed by atoms with Gasteiger partial charge >= 0.3 is 12.1 Å². The van der Waals surface area contributed by atoms with Gasteiger partial charge < -0.3 is 9.64 Å². The number of rotatable bonds is 7. The molecule has 1 amide bonds. The largest absolute Gasteiger partial charge is 0.456 e. The molecule has 0 aliphatic rings. The molecule has 7 heteroatoms. The zero-order valence-electron chi connectivity index (χ0n) is 18.6. The van der Waals surface area contributed by atoms with Gasteiger partial charge in [-0.25, -0.2) is 0 Å². The molecule has 0 aliphatic carbocycles. The van der Waals surface area contributed by atoms with Crippen molar-refractivity contribution in [2.75, 3.05) is 6.61 Å². The molecule has 0 rings (SSSR count). The Morgan fingerprint density at radius 1 is 0.852 bits per heavy atom. The minimum atomic E-state index is -4.44. The molecule has 0 spiro atoms. The summed E-state index contributed by atoms with van der Waals surface area (Å²) >= 11 is 0. The molecule has 27 heavy (non-hydrogen) atoms. The molecule has 0 unspecified atom stereocenters. The average Bonchev–Trinajstić information content (AvgIpc) is 2.51. The lowest BCUT2D eigenvalue weighted by molar-refractivity contribution is -0.192. The number of carbonyl (C=O) groups is 2. The quantitative estimate of drug-likeness (QED) is 0.526. The molecule has 0 aromatic carbocycles. The standard InChI is InChI=1S/C12H25NO.C8H13F3O2/c1-8-12(6,7)11(14)13(9(2)3)10(4)5;1-4-7(2,3)6(12)13-5-8(9,10)11/h9-10H,8H2,1-7H3;4-5H2,1-3H3. The van der Waals surface area contributed by atoms with Crippen molar-refractivity contribution in [1.82, 2.24) is 4.90 Å². The molecule has 0 atom stereocenters. The monoisotopic (exact) mass is 397 g/mol. The van der Waals surface area contributed by atoms with E-state index in [0.29, 0.717) is 6.42 Å². The van der Waals surface area contributed by atoms with Gasteiger partial charge in [-0.05, 0) is 54.4 Å². The lowest BCUT2D eigenvalue weighted by Gasteiger charge is -2.37. The Bertz CT molecular complexity index is 462. The smallest absolute Gasteiger partial charge is 0.422 e. The molecule has 162 valence electrons. The normalized spacial score (nSPS) is 12.6. The number of nitrogens with zero attached hydrogens (tertiary/aromatic N) is 1. The molecule has 0 N–H and O–H groups in total. The third kappa shape index (κ3) is 10.6. The topological polar surface area (TPSA) is 46.6 Å². The first-order valence-corrected chi connectivity index (χ1v) is 9.49. The fourth-order valence-corrected chi connectivity index (χ4v) is 2.05. The van der Waals surface area contributed by atoms with E-state index in [0.717, 1.165) is 6.42 Å². The van der Waals surface area contributed by atoms with E-state index >= 15 is 0 Å². The first-order chi connectivity index (χ1) is 11.9. The Kier molecular flexibility index (Phi) is 11.3. The van der Waals surface area contributed by atoms with Crippen LogP contribution in [0.1, 0.15) is 82.1 Å².